The van der Waals surface area contributed by atoms with Crippen LogP contribution < -0.4 is 27.4 Å². The SMILES string of the molecule is CC(C)C[C@H](NC(=O)CNC(=O)C(CCCCN)NCCCC1CCCCC1)C(N)=O. The van der Waals surface area contributed by atoms with Crippen molar-refractivity contribution in [1.29, 1.82) is 0 Å². The Morgan fingerprint density at radius 1 is 1.00 bits per heavy atom. The molecule has 1 rings (SSSR count). The molecule has 3 amide bonds. The first-order valence-electron chi connectivity index (χ1n) is 12.1. The summed E-state index contributed by atoms with van der Waals surface area (Å²) < 4.78 is 0. The summed E-state index contributed by atoms with van der Waals surface area (Å²) in [5.74, 6) is -0.113. The standard InChI is InChI=1S/C23H45N5O3/c1-17(2)15-20(22(25)30)28-21(29)16-27-23(31)19(12-6-7-13-24)26-14-8-11-18-9-4-3-5-10-18/h17-20,26H,3-16,24H2,1-2H3,(H2,25,30)(H,27,31)(H,28,29)/t19?,20-/m0/s1. The quantitative estimate of drug-likeness (QED) is 0.232. The Balaban J connectivity index is 2.42. The van der Waals surface area contributed by atoms with E-state index in [1.807, 2.05) is 13.8 Å². The number of unbranched alkanes of at least 4 members (excludes halogenated alkanes) is 1. The average Bonchev–Trinajstić information content (AvgIpc) is 2.73. The van der Waals surface area contributed by atoms with Gasteiger partial charge >= 0.3 is 0 Å². The van der Waals surface area contributed by atoms with E-state index < -0.39 is 17.9 Å². The van der Waals surface area contributed by atoms with Crippen molar-refractivity contribution in [3.63, 3.8) is 0 Å². The Bertz CT molecular complexity index is 535. The first-order valence-corrected chi connectivity index (χ1v) is 12.1. The lowest BCUT2D eigenvalue weighted by atomic mass is 9.86. The normalized spacial score (nSPS) is 16.6. The minimum absolute atomic E-state index is 0.169. The predicted molar refractivity (Wildman–Crippen MR) is 124 cm³/mol. The van der Waals surface area contributed by atoms with Gasteiger partial charge in [0, 0.05) is 0 Å². The molecule has 2 atom stereocenters. The molecule has 0 bridgehead atoms. The Hall–Kier alpha value is -1.67. The predicted octanol–water partition coefficient (Wildman–Crippen LogP) is 1.57. The van der Waals surface area contributed by atoms with Crippen molar-refractivity contribution in [2.24, 2.45) is 23.3 Å². The second-order valence-corrected chi connectivity index (χ2v) is 9.31. The fourth-order valence-electron chi connectivity index (χ4n) is 4.22. The van der Waals surface area contributed by atoms with Crippen LogP contribution in [0.1, 0.15) is 84.5 Å². The summed E-state index contributed by atoms with van der Waals surface area (Å²) in [5, 5.41) is 8.69. The molecule has 1 fully saturated rings. The molecule has 0 saturated heterocycles. The monoisotopic (exact) mass is 439 g/mol. The molecule has 1 saturated carbocycles. The molecule has 31 heavy (non-hydrogen) atoms. The number of primary amides is 1. The highest BCUT2D eigenvalue weighted by Crippen LogP contribution is 2.27. The Kier molecular flexibility index (Phi) is 14.2. The average molecular weight is 440 g/mol. The van der Waals surface area contributed by atoms with Crippen LogP contribution in [0.25, 0.3) is 0 Å². The highest BCUT2D eigenvalue weighted by atomic mass is 16.2. The molecule has 0 aromatic rings. The van der Waals surface area contributed by atoms with Gasteiger partial charge in [0.05, 0.1) is 12.6 Å². The van der Waals surface area contributed by atoms with E-state index in [1.54, 1.807) is 0 Å². The summed E-state index contributed by atoms with van der Waals surface area (Å²) in [6.07, 6.45) is 11.9. The van der Waals surface area contributed by atoms with E-state index in [-0.39, 0.29) is 24.4 Å². The molecule has 1 aliphatic rings. The topological polar surface area (TPSA) is 139 Å². The molecular formula is C23H45N5O3. The molecule has 0 aromatic carbocycles. The van der Waals surface area contributed by atoms with Crippen LogP contribution in [0.4, 0.5) is 0 Å². The van der Waals surface area contributed by atoms with Crippen LogP contribution in [0.3, 0.4) is 0 Å². The van der Waals surface area contributed by atoms with E-state index in [0.717, 1.165) is 31.7 Å². The van der Waals surface area contributed by atoms with Crippen LogP contribution >= 0.6 is 0 Å². The summed E-state index contributed by atoms with van der Waals surface area (Å²) in [4.78, 5) is 36.4. The third kappa shape index (κ3) is 12.7. The Labute approximate surface area is 188 Å². The third-order valence-electron chi connectivity index (χ3n) is 5.98. The summed E-state index contributed by atoms with van der Waals surface area (Å²) in [5.41, 5.74) is 11.0. The first-order chi connectivity index (χ1) is 14.8. The lowest BCUT2D eigenvalue weighted by Crippen LogP contribution is -2.51. The molecular weight excluding hydrogens is 394 g/mol. The van der Waals surface area contributed by atoms with Crippen molar-refractivity contribution in [2.45, 2.75) is 96.6 Å². The molecule has 0 aromatic heterocycles. The van der Waals surface area contributed by atoms with Crippen molar-refractivity contribution in [3.05, 3.63) is 0 Å². The van der Waals surface area contributed by atoms with Gasteiger partial charge in [0.1, 0.15) is 6.04 Å². The van der Waals surface area contributed by atoms with Crippen molar-refractivity contribution in [2.75, 3.05) is 19.6 Å². The Morgan fingerprint density at radius 3 is 2.32 bits per heavy atom. The number of rotatable bonds is 16. The van der Waals surface area contributed by atoms with Crippen molar-refractivity contribution in [3.8, 4) is 0 Å². The van der Waals surface area contributed by atoms with E-state index in [1.165, 1.54) is 38.5 Å². The second kappa shape index (κ2) is 16.0. The van der Waals surface area contributed by atoms with E-state index in [9.17, 15) is 14.4 Å². The van der Waals surface area contributed by atoms with Gasteiger partial charge in [-0.3, -0.25) is 14.4 Å². The Morgan fingerprint density at radius 2 is 1.71 bits per heavy atom. The molecule has 1 unspecified atom stereocenters. The summed E-state index contributed by atoms with van der Waals surface area (Å²) in [6, 6.07) is -1.06. The van der Waals surface area contributed by atoms with E-state index >= 15 is 0 Å². The molecule has 8 heteroatoms. The van der Waals surface area contributed by atoms with E-state index in [4.69, 9.17) is 11.5 Å². The summed E-state index contributed by atoms with van der Waals surface area (Å²) >= 11 is 0. The van der Waals surface area contributed by atoms with Crippen LogP contribution in [0.2, 0.25) is 0 Å². The van der Waals surface area contributed by atoms with Crippen LogP contribution in [0, 0.1) is 11.8 Å². The van der Waals surface area contributed by atoms with Gasteiger partial charge in [0.25, 0.3) is 0 Å². The summed E-state index contributed by atoms with van der Waals surface area (Å²) in [7, 11) is 0. The van der Waals surface area contributed by atoms with Crippen LogP contribution in [-0.2, 0) is 14.4 Å². The van der Waals surface area contributed by atoms with E-state index in [0.29, 0.717) is 19.4 Å². The van der Waals surface area contributed by atoms with Gasteiger partial charge in [-0.1, -0.05) is 52.4 Å². The first kappa shape index (κ1) is 27.4. The zero-order valence-corrected chi connectivity index (χ0v) is 19.6. The van der Waals surface area contributed by atoms with Crippen LogP contribution in [0.15, 0.2) is 0 Å². The highest BCUT2D eigenvalue weighted by Gasteiger charge is 2.22. The van der Waals surface area contributed by atoms with Crippen molar-refractivity contribution >= 4 is 17.7 Å². The van der Waals surface area contributed by atoms with Crippen molar-refractivity contribution < 1.29 is 14.4 Å². The number of hydrogen-bond acceptors (Lipinski definition) is 5. The second-order valence-electron chi connectivity index (χ2n) is 9.31. The molecule has 180 valence electrons. The number of carbonyl (C=O) groups is 3. The van der Waals surface area contributed by atoms with Gasteiger partial charge in [-0.2, -0.15) is 0 Å². The van der Waals surface area contributed by atoms with Gasteiger partial charge in [0.15, 0.2) is 0 Å². The number of amides is 3. The molecule has 8 nitrogen and oxygen atoms in total. The molecule has 0 aliphatic heterocycles. The lowest BCUT2D eigenvalue weighted by molar-refractivity contribution is -0.129. The smallest absolute Gasteiger partial charge is 0.240 e. The molecule has 7 N–H and O–H groups in total. The molecule has 0 heterocycles. The molecule has 1 aliphatic carbocycles. The van der Waals surface area contributed by atoms with Gasteiger partial charge < -0.3 is 27.4 Å². The van der Waals surface area contributed by atoms with Crippen molar-refractivity contribution in [1.82, 2.24) is 16.0 Å². The maximum atomic E-state index is 12.7. The zero-order chi connectivity index (χ0) is 23.1. The zero-order valence-electron chi connectivity index (χ0n) is 19.6. The minimum Gasteiger partial charge on any atom is -0.368 e. The third-order valence-corrected chi connectivity index (χ3v) is 5.98. The van der Waals surface area contributed by atoms with Crippen LogP contribution in [0.5, 0.6) is 0 Å². The lowest BCUT2D eigenvalue weighted by Gasteiger charge is -2.23. The number of nitrogens with two attached hydrogens (primary N) is 2. The fourth-order valence-corrected chi connectivity index (χ4v) is 4.22. The van der Waals surface area contributed by atoms with E-state index in [2.05, 4.69) is 16.0 Å². The molecule has 0 spiro atoms. The van der Waals surface area contributed by atoms with Gasteiger partial charge in [-0.05, 0) is 57.0 Å². The number of hydrogen-bond donors (Lipinski definition) is 5. The number of carbonyl (C=O) groups excluding carboxylic acids is 3. The highest BCUT2D eigenvalue weighted by molar-refractivity contribution is 5.90. The van der Waals surface area contributed by atoms with Gasteiger partial charge in [-0.25, -0.2) is 0 Å². The van der Waals surface area contributed by atoms with Gasteiger partial charge in [-0.15, -0.1) is 0 Å². The maximum absolute atomic E-state index is 12.7. The minimum atomic E-state index is -0.720. The van der Waals surface area contributed by atoms with Gasteiger partial charge in [0.2, 0.25) is 17.7 Å². The van der Waals surface area contributed by atoms with Crippen LogP contribution in [-0.4, -0.2) is 49.4 Å². The summed E-state index contributed by atoms with van der Waals surface area (Å²) in [6.45, 7) is 5.13. The molecule has 0 radical (unpaired) electrons. The maximum Gasteiger partial charge on any atom is 0.240 e. The fraction of sp³-hybridized carbons (Fsp3) is 0.870. The largest absolute Gasteiger partial charge is 0.368 e. The number of nitrogens with one attached hydrogen (secondary N) is 3.